The van der Waals surface area contributed by atoms with Gasteiger partial charge in [0.1, 0.15) is 6.04 Å². The van der Waals surface area contributed by atoms with E-state index in [-0.39, 0.29) is 17.0 Å². The van der Waals surface area contributed by atoms with Gasteiger partial charge in [-0.15, -0.1) is 0 Å². The minimum absolute atomic E-state index is 0.0282. The second-order valence-corrected chi connectivity index (χ2v) is 7.09. The second-order valence-electron chi connectivity index (χ2n) is 5.39. The Kier molecular flexibility index (Phi) is 3.19. The molecular formula is C14H17NO3S. The number of benzene rings is 1. The van der Waals surface area contributed by atoms with Crippen molar-refractivity contribution in [3.8, 4) is 0 Å². The lowest BCUT2D eigenvalue weighted by molar-refractivity contribution is -0.139. The fraction of sp³-hybridized carbons (Fsp3) is 0.500. The molecular weight excluding hydrogens is 262 g/mol. The monoisotopic (exact) mass is 279 g/mol. The molecule has 0 spiro atoms. The zero-order chi connectivity index (χ0) is 13.6. The first-order valence-corrected chi connectivity index (χ1v) is 7.91. The minimum atomic E-state index is -1.08. The van der Waals surface area contributed by atoms with E-state index in [9.17, 15) is 9.00 Å². The number of aliphatic carboxylic acids is 1. The largest absolute Gasteiger partial charge is 0.480 e. The predicted octanol–water partition coefficient (Wildman–Crippen LogP) is 1.41. The first kappa shape index (κ1) is 12.8. The van der Waals surface area contributed by atoms with Crippen LogP contribution in [0.4, 0.5) is 0 Å². The molecule has 0 aromatic heterocycles. The van der Waals surface area contributed by atoms with Gasteiger partial charge in [-0.3, -0.25) is 14.3 Å². The number of carboxylic acids is 1. The van der Waals surface area contributed by atoms with Crippen LogP contribution in [0.25, 0.3) is 0 Å². The Morgan fingerprint density at radius 1 is 1.37 bits per heavy atom. The average molecular weight is 279 g/mol. The van der Waals surface area contributed by atoms with Crippen LogP contribution in [0.2, 0.25) is 0 Å². The van der Waals surface area contributed by atoms with Gasteiger partial charge >= 0.3 is 5.97 Å². The van der Waals surface area contributed by atoms with Crippen LogP contribution in [-0.4, -0.2) is 32.3 Å². The summed E-state index contributed by atoms with van der Waals surface area (Å²) in [6.45, 7) is 2.15. The van der Waals surface area contributed by atoms with Crippen LogP contribution in [0.15, 0.2) is 24.3 Å². The lowest BCUT2D eigenvalue weighted by atomic mass is 9.80. The molecule has 3 rings (SSSR count). The fourth-order valence-electron chi connectivity index (χ4n) is 3.21. The summed E-state index contributed by atoms with van der Waals surface area (Å²) in [7, 11) is -1.08. The number of nitrogens with one attached hydrogen (secondary N) is 1. The molecule has 0 amide bonds. The summed E-state index contributed by atoms with van der Waals surface area (Å²) < 4.78 is 12.3. The average Bonchev–Trinajstić information content (AvgIpc) is 2.40. The third kappa shape index (κ3) is 2.11. The van der Waals surface area contributed by atoms with Crippen LogP contribution in [0, 0.1) is 0 Å². The van der Waals surface area contributed by atoms with Gasteiger partial charge < -0.3 is 5.11 Å². The molecule has 1 saturated heterocycles. The van der Waals surface area contributed by atoms with Crippen LogP contribution >= 0.6 is 0 Å². The maximum Gasteiger partial charge on any atom is 0.321 e. The zero-order valence-electron chi connectivity index (χ0n) is 10.7. The first-order chi connectivity index (χ1) is 9.08. The molecule has 5 heteroatoms. The Bertz CT molecular complexity index is 545. The molecule has 0 radical (unpaired) electrons. The highest BCUT2D eigenvalue weighted by atomic mass is 32.2. The number of rotatable bonds is 1. The number of carboxylic acid groups (broad SMARTS) is 1. The van der Waals surface area contributed by atoms with Gasteiger partial charge in [-0.2, -0.15) is 0 Å². The van der Waals surface area contributed by atoms with Gasteiger partial charge in [0.05, 0.1) is 11.0 Å². The normalized spacial score (nSPS) is 37.2. The molecule has 0 saturated carbocycles. The lowest BCUT2D eigenvalue weighted by Gasteiger charge is -2.41. The lowest BCUT2D eigenvalue weighted by Crippen LogP contribution is -2.55. The van der Waals surface area contributed by atoms with Crippen molar-refractivity contribution in [2.45, 2.75) is 36.6 Å². The van der Waals surface area contributed by atoms with E-state index in [0.29, 0.717) is 5.92 Å². The van der Waals surface area contributed by atoms with E-state index in [1.165, 1.54) is 5.56 Å². The highest BCUT2D eigenvalue weighted by Gasteiger charge is 2.43. The highest BCUT2D eigenvalue weighted by molar-refractivity contribution is 7.85. The molecule has 4 nitrogen and oxygen atoms in total. The van der Waals surface area contributed by atoms with E-state index < -0.39 is 22.8 Å². The van der Waals surface area contributed by atoms with Gasteiger partial charge in [-0.05, 0) is 23.5 Å². The van der Waals surface area contributed by atoms with Gasteiger partial charge in [0.25, 0.3) is 0 Å². The third-order valence-corrected chi connectivity index (χ3v) is 5.97. The molecule has 0 bridgehead atoms. The third-order valence-electron chi connectivity index (χ3n) is 4.17. The smallest absolute Gasteiger partial charge is 0.321 e. The second kappa shape index (κ2) is 4.72. The van der Waals surface area contributed by atoms with Crippen molar-refractivity contribution in [3.63, 3.8) is 0 Å². The van der Waals surface area contributed by atoms with E-state index in [4.69, 9.17) is 5.11 Å². The molecule has 2 aliphatic rings. The van der Waals surface area contributed by atoms with E-state index in [2.05, 4.69) is 18.3 Å². The minimum Gasteiger partial charge on any atom is -0.480 e. The Balaban J connectivity index is 2.01. The molecule has 5 atom stereocenters. The molecule has 102 valence electrons. The number of hydrogen-bond donors (Lipinski definition) is 2. The first-order valence-electron chi connectivity index (χ1n) is 6.52. The molecule has 19 heavy (non-hydrogen) atoms. The number of carbonyl (C=O) groups is 1. The van der Waals surface area contributed by atoms with Gasteiger partial charge in [0.15, 0.2) is 0 Å². The molecule has 1 heterocycles. The molecule has 2 N–H and O–H groups in total. The van der Waals surface area contributed by atoms with Crippen molar-refractivity contribution < 1.29 is 14.1 Å². The van der Waals surface area contributed by atoms with Gasteiger partial charge in [0, 0.05) is 16.8 Å². The summed E-state index contributed by atoms with van der Waals surface area (Å²) in [5.41, 5.74) is 2.37. The molecule has 1 aliphatic carbocycles. The van der Waals surface area contributed by atoms with Crippen molar-refractivity contribution in [1.29, 1.82) is 0 Å². The Morgan fingerprint density at radius 2 is 2.05 bits per heavy atom. The Hall–Kier alpha value is -1.20. The summed E-state index contributed by atoms with van der Waals surface area (Å²) >= 11 is 0. The van der Waals surface area contributed by atoms with Crippen LogP contribution in [0.3, 0.4) is 0 Å². The molecule has 5 unspecified atom stereocenters. The topological polar surface area (TPSA) is 66.4 Å². The van der Waals surface area contributed by atoms with Crippen molar-refractivity contribution in [2.24, 2.45) is 0 Å². The van der Waals surface area contributed by atoms with Crippen LogP contribution < -0.4 is 5.32 Å². The fourth-order valence-corrected chi connectivity index (χ4v) is 5.05. The zero-order valence-corrected chi connectivity index (χ0v) is 11.5. The van der Waals surface area contributed by atoms with Gasteiger partial charge in [0.2, 0.25) is 0 Å². The molecule has 1 aliphatic heterocycles. The number of hydrogen-bond acceptors (Lipinski definition) is 3. The van der Waals surface area contributed by atoms with Crippen LogP contribution in [0.5, 0.6) is 0 Å². The predicted molar refractivity (Wildman–Crippen MR) is 73.6 cm³/mol. The van der Waals surface area contributed by atoms with E-state index in [0.717, 1.165) is 12.0 Å². The Morgan fingerprint density at radius 3 is 2.74 bits per heavy atom. The van der Waals surface area contributed by atoms with Crippen molar-refractivity contribution in [1.82, 2.24) is 5.32 Å². The quantitative estimate of drug-likeness (QED) is 0.815. The summed E-state index contributed by atoms with van der Waals surface area (Å²) in [5.74, 6) is -0.321. The molecule has 1 fully saturated rings. The highest BCUT2D eigenvalue weighted by Crippen LogP contribution is 2.41. The van der Waals surface area contributed by atoms with Crippen molar-refractivity contribution in [2.75, 3.05) is 5.75 Å². The maximum atomic E-state index is 12.3. The van der Waals surface area contributed by atoms with Crippen LogP contribution in [-0.2, 0) is 15.6 Å². The van der Waals surface area contributed by atoms with Crippen molar-refractivity contribution >= 4 is 16.8 Å². The summed E-state index contributed by atoms with van der Waals surface area (Å²) in [6, 6.07) is 7.28. The molecule has 1 aromatic carbocycles. The van der Waals surface area contributed by atoms with Crippen molar-refractivity contribution in [3.05, 3.63) is 35.4 Å². The maximum absolute atomic E-state index is 12.3. The SMILES string of the molecule is CC1CC2C(NC(C(=O)O)CS2=O)c2ccccc21. The standard InChI is InChI=1S/C14H17NO3S/c1-8-6-12-13(10-5-3-2-4-9(8)10)15-11(14(16)17)7-19(12)18/h2-5,8,11-13,15H,6-7H2,1H3,(H,16,17). The van der Waals surface area contributed by atoms with Crippen LogP contribution in [0.1, 0.15) is 36.4 Å². The van der Waals surface area contributed by atoms with E-state index in [1.807, 2.05) is 18.2 Å². The van der Waals surface area contributed by atoms with Gasteiger partial charge in [-0.1, -0.05) is 31.2 Å². The van der Waals surface area contributed by atoms with Gasteiger partial charge in [-0.25, -0.2) is 0 Å². The molecule has 1 aromatic rings. The summed E-state index contributed by atoms with van der Waals surface area (Å²) in [4.78, 5) is 11.2. The summed E-state index contributed by atoms with van der Waals surface area (Å²) in [5, 5.41) is 12.3. The summed E-state index contributed by atoms with van der Waals surface area (Å²) in [6.07, 6.45) is 0.855. The Labute approximate surface area is 114 Å². The van der Waals surface area contributed by atoms with E-state index >= 15 is 0 Å². The number of fused-ring (bicyclic) bond motifs is 3. The van der Waals surface area contributed by atoms with E-state index in [1.54, 1.807) is 0 Å².